The summed E-state index contributed by atoms with van der Waals surface area (Å²) in [4.78, 5) is 31.0. The Balaban J connectivity index is 1.17. The highest BCUT2D eigenvalue weighted by molar-refractivity contribution is 5.94. The Morgan fingerprint density at radius 3 is 2.84 bits per heavy atom. The van der Waals surface area contributed by atoms with E-state index in [4.69, 9.17) is 18.9 Å². The number of nitrogens with one attached hydrogen (secondary N) is 1. The van der Waals surface area contributed by atoms with Crippen molar-refractivity contribution in [1.29, 1.82) is 0 Å². The number of likely N-dealkylation sites (N-methyl/N-ethyl adjacent to an activating group) is 1. The fraction of sp³-hybridized carbons (Fsp3) is 0.615. The topological polar surface area (TPSA) is 117 Å². The first kappa shape index (κ1) is 26.9. The number of carbonyl (C=O) groups excluding carboxylic acids is 2. The molecule has 1 aliphatic carbocycles. The zero-order chi connectivity index (χ0) is 26.2. The molecule has 2 atom stereocenters. The highest BCUT2D eigenvalue weighted by atomic mass is 16.6. The van der Waals surface area contributed by atoms with Gasteiger partial charge in [0.05, 0.1) is 38.3 Å². The quantitative estimate of drug-likeness (QED) is 0.485. The maximum atomic E-state index is 12.7. The summed E-state index contributed by atoms with van der Waals surface area (Å²) < 4.78 is 24.1. The molecule has 2 aliphatic rings. The number of methoxy groups -OCH3 is 1. The molecule has 3 heterocycles. The van der Waals surface area contributed by atoms with E-state index < -0.39 is 6.10 Å². The lowest BCUT2D eigenvalue weighted by atomic mass is 9.89. The number of anilines is 1. The Bertz CT molecular complexity index is 1040. The predicted octanol–water partition coefficient (Wildman–Crippen LogP) is 2.52. The molecule has 2 aromatic heterocycles. The molecule has 0 aromatic carbocycles. The van der Waals surface area contributed by atoms with Gasteiger partial charge in [0, 0.05) is 38.5 Å². The second-order valence-electron chi connectivity index (χ2n) is 9.82. The van der Waals surface area contributed by atoms with Crippen LogP contribution in [-0.4, -0.2) is 83.7 Å². The standard InChI is InChI=1S/C26H37N5O6/c1-18-4-6-20(7-5-18)35-11-10-30(2)25(32)16-31-15-19(14-28-31)29-26(33)23-12-22(17-36-23)37-21-8-9-27-24(13-21)34-3/h8-9,13-15,18,20,22-23H,4-7,10-12,16-17H2,1-3H3,(H,29,33)/t18?,20?,22-,23+/m0/s1. The van der Waals surface area contributed by atoms with Crippen LogP contribution in [0.5, 0.6) is 11.6 Å². The molecule has 1 saturated carbocycles. The Kier molecular flexibility index (Phi) is 9.34. The van der Waals surface area contributed by atoms with Crippen LogP contribution in [0.15, 0.2) is 30.7 Å². The van der Waals surface area contributed by atoms with Gasteiger partial charge in [-0.05, 0) is 37.7 Å². The van der Waals surface area contributed by atoms with Gasteiger partial charge in [-0.2, -0.15) is 5.10 Å². The van der Waals surface area contributed by atoms with Crippen LogP contribution in [0.25, 0.3) is 0 Å². The minimum atomic E-state index is -0.641. The summed E-state index contributed by atoms with van der Waals surface area (Å²) in [6.07, 6.45) is 9.18. The van der Waals surface area contributed by atoms with Crippen molar-refractivity contribution in [3.63, 3.8) is 0 Å². The predicted molar refractivity (Wildman–Crippen MR) is 135 cm³/mol. The molecule has 2 aromatic rings. The maximum absolute atomic E-state index is 12.7. The van der Waals surface area contributed by atoms with Crippen molar-refractivity contribution in [2.75, 3.05) is 39.2 Å². The van der Waals surface area contributed by atoms with Crippen LogP contribution < -0.4 is 14.8 Å². The Hall–Kier alpha value is -3.18. The molecule has 1 aliphatic heterocycles. The summed E-state index contributed by atoms with van der Waals surface area (Å²) in [7, 11) is 3.30. The molecule has 0 bridgehead atoms. The van der Waals surface area contributed by atoms with Gasteiger partial charge >= 0.3 is 0 Å². The van der Waals surface area contributed by atoms with Gasteiger partial charge in [-0.15, -0.1) is 0 Å². The lowest BCUT2D eigenvalue weighted by Crippen LogP contribution is -2.34. The zero-order valence-corrected chi connectivity index (χ0v) is 21.8. The van der Waals surface area contributed by atoms with Crippen LogP contribution in [-0.2, 0) is 25.6 Å². The summed E-state index contributed by atoms with van der Waals surface area (Å²) in [5, 5.41) is 7.01. The van der Waals surface area contributed by atoms with Gasteiger partial charge in [0.2, 0.25) is 11.8 Å². The molecule has 1 N–H and O–H groups in total. The summed E-state index contributed by atoms with van der Waals surface area (Å²) >= 11 is 0. The van der Waals surface area contributed by atoms with E-state index in [1.54, 1.807) is 36.5 Å². The lowest BCUT2D eigenvalue weighted by molar-refractivity contribution is -0.131. The smallest absolute Gasteiger partial charge is 0.253 e. The molecule has 2 fully saturated rings. The molecule has 202 valence electrons. The van der Waals surface area contributed by atoms with Gasteiger partial charge in [0.1, 0.15) is 24.5 Å². The normalized spacial score (nSPS) is 23.4. The highest BCUT2D eigenvalue weighted by Crippen LogP contribution is 2.25. The van der Waals surface area contributed by atoms with Crippen LogP contribution in [0.1, 0.15) is 39.0 Å². The number of amides is 2. The molecule has 0 spiro atoms. The van der Waals surface area contributed by atoms with E-state index in [2.05, 4.69) is 22.3 Å². The largest absolute Gasteiger partial charge is 0.488 e. The number of rotatable bonds is 11. The summed E-state index contributed by atoms with van der Waals surface area (Å²) in [5.74, 6) is 1.49. The molecular weight excluding hydrogens is 478 g/mol. The van der Waals surface area contributed by atoms with Crippen LogP contribution in [0.2, 0.25) is 0 Å². The van der Waals surface area contributed by atoms with Crippen LogP contribution in [0.3, 0.4) is 0 Å². The van der Waals surface area contributed by atoms with E-state index in [0.29, 0.717) is 49.6 Å². The fourth-order valence-corrected chi connectivity index (χ4v) is 4.51. The van der Waals surface area contributed by atoms with Crippen molar-refractivity contribution < 1.29 is 28.5 Å². The molecule has 0 unspecified atom stereocenters. The highest BCUT2D eigenvalue weighted by Gasteiger charge is 2.32. The van der Waals surface area contributed by atoms with Gasteiger partial charge in [-0.3, -0.25) is 14.3 Å². The van der Waals surface area contributed by atoms with E-state index in [-0.39, 0.29) is 24.5 Å². The molecule has 0 radical (unpaired) electrons. The van der Waals surface area contributed by atoms with E-state index in [0.717, 1.165) is 18.8 Å². The molecule has 2 amide bonds. The van der Waals surface area contributed by atoms with Crippen molar-refractivity contribution in [3.05, 3.63) is 30.7 Å². The maximum Gasteiger partial charge on any atom is 0.253 e. The number of hydrogen-bond acceptors (Lipinski definition) is 8. The van der Waals surface area contributed by atoms with Crippen molar-refractivity contribution >= 4 is 17.5 Å². The molecule has 11 nitrogen and oxygen atoms in total. The average molecular weight is 516 g/mol. The minimum absolute atomic E-state index is 0.0753. The second kappa shape index (κ2) is 12.9. The SMILES string of the molecule is COc1cc(O[C@@H]2CO[C@@H](C(=O)Nc3cnn(CC(=O)N(C)CCOC4CCC(C)CC4)c3)C2)ccn1. The Morgan fingerprint density at radius 2 is 2.05 bits per heavy atom. The van der Waals surface area contributed by atoms with E-state index >= 15 is 0 Å². The number of pyridine rings is 1. The summed E-state index contributed by atoms with van der Waals surface area (Å²) in [5.41, 5.74) is 0.502. The van der Waals surface area contributed by atoms with Gasteiger partial charge in [-0.25, -0.2) is 4.98 Å². The van der Waals surface area contributed by atoms with E-state index in [9.17, 15) is 9.59 Å². The average Bonchev–Trinajstić information content (AvgIpc) is 3.54. The van der Waals surface area contributed by atoms with Crippen LogP contribution in [0.4, 0.5) is 5.69 Å². The fourth-order valence-electron chi connectivity index (χ4n) is 4.51. The third-order valence-electron chi connectivity index (χ3n) is 6.84. The van der Waals surface area contributed by atoms with Gasteiger partial charge in [-0.1, -0.05) is 6.92 Å². The van der Waals surface area contributed by atoms with E-state index in [1.807, 2.05) is 0 Å². The van der Waals surface area contributed by atoms with Gasteiger partial charge in [0.25, 0.3) is 5.91 Å². The third kappa shape index (κ3) is 7.90. The van der Waals surface area contributed by atoms with E-state index in [1.165, 1.54) is 30.8 Å². The molecule has 1 saturated heterocycles. The van der Waals surface area contributed by atoms with Crippen molar-refractivity contribution in [3.8, 4) is 11.6 Å². The van der Waals surface area contributed by atoms with Crippen LogP contribution >= 0.6 is 0 Å². The number of aromatic nitrogens is 3. The number of hydrogen-bond donors (Lipinski definition) is 1. The van der Waals surface area contributed by atoms with Crippen LogP contribution in [0, 0.1) is 5.92 Å². The van der Waals surface area contributed by atoms with Crippen molar-refractivity contribution in [2.24, 2.45) is 5.92 Å². The van der Waals surface area contributed by atoms with Gasteiger partial charge < -0.3 is 29.2 Å². The summed E-state index contributed by atoms with van der Waals surface area (Å²) in [6.45, 7) is 3.72. The number of ether oxygens (including phenoxy) is 4. The second-order valence-corrected chi connectivity index (χ2v) is 9.82. The first-order valence-corrected chi connectivity index (χ1v) is 12.9. The Labute approximate surface area is 217 Å². The molecule has 37 heavy (non-hydrogen) atoms. The number of nitrogens with zero attached hydrogens (tertiary/aromatic N) is 4. The molecular formula is C26H37N5O6. The molecule has 11 heteroatoms. The minimum Gasteiger partial charge on any atom is -0.488 e. The first-order chi connectivity index (χ1) is 17.9. The monoisotopic (exact) mass is 515 g/mol. The first-order valence-electron chi connectivity index (χ1n) is 12.9. The van der Waals surface area contributed by atoms with Crippen molar-refractivity contribution in [2.45, 2.75) is 63.9 Å². The third-order valence-corrected chi connectivity index (χ3v) is 6.84. The lowest BCUT2D eigenvalue weighted by Gasteiger charge is -2.27. The molecule has 4 rings (SSSR count). The Morgan fingerprint density at radius 1 is 1.24 bits per heavy atom. The number of carbonyl (C=O) groups is 2. The van der Waals surface area contributed by atoms with Crippen molar-refractivity contribution in [1.82, 2.24) is 19.7 Å². The van der Waals surface area contributed by atoms with Gasteiger partial charge in [0.15, 0.2) is 0 Å². The zero-order valence-electron chi connectivity index (χ0n) is 21.8. The summed E-state index contributed by atoms with van der Waals surface area (Å²) in [6, 6.07) is 3.41.